The molecule has 0 aromatic heterocycles. The van der Waals surface area contributed by atoms with Crippen LogP contribution in [0.3, 0.4) is 0 Å². The van der Waals surface area contributed by atoms with Crippen LogP contribution in [0.4, 0.5) is 0 Å². The van der Waals surface area contributed by atoms with E-state index in [-0.39, 0.29) is 6.61 Å². The number of hydrogen-bond acceptors (Lipinski definition) is 9. The summed E-state index contributed by atoms with van der Waals surface area (Å²) >= 11 is 0. The van der Waals surface area contributed by atoms with Crippen LogP contribution in [0, 0.1) is 0 Å². The van der Waals surface area contributed by atoms with Crippen LogP contribution < -0.4 is 0 Å². The van der Waals surface area contributed by atoms with Crippen LogP contribution >= 0.6 is 0 Å². The van der Waals surface area contributed by atoms with Crippen LogP contribution in [-0.2, 0) is 14.6 Å². The van der Waals surface area contributed by atoms with Gasteiger partial charge in [-0.25, -0.2) is 4.18 Å². The lowest BCUT2D eigenvalue weighted by atomic mass is 10.5. The molecule has 0 rings (SSSR count). The largest absolute Gasteiger partial charge is 0.397 e. The molecule has 10 nitrogen and oxygen atoms in total. The first kappa shape index (κ1) is 17.8. The van der Waals surface area contributed by atoms with E-state index in [1.807, 2.05) is 0 Å². The Bertz CT molecular complexity index is 280. The van der Waals surface area contributed by atoms with Crippen LogP contribution in [0.1, 0.15) is 0 Å². The van der Waals surface area contributed by atoms with Crippen molar-refractivity contribution in [3.8, 4) is 0 Å². The Balaban J connectivity index is 0. The number of rotatable bonds is 4. The summed E-state index contributed by atoms with van der Waals surface area (Å²) in [5.74, 6) is -7.79. The molecule has 0 aromatic carbocycles. The monoisotopic (exact) mass is 264 g/mol. The van der Waals surface area contributed by atoms with Gasteiger partial charge in [0.15, 0.2) is 0 Å². The lowest BCUT2D eigenvalue weighted by Crippen LogP contribution is -2.54. The van der Waals surface area contributed by atoms with E-state index in [1.54, 1.807) is 0 Å². The van der Waals surface area contributed by atoms with E-state index < -0.39 is 22.3 Å². The fourth-order valence-corrected chi connectivity index (χ4v) is 0.402. The predicted octanol–water partition coefficient (Wildman–Crippen LogP) is -3.76. The molecule has 16 heavy (non-hydrogen) atoms. The van der Waals surface area contributed by atoms with Crippen LogP contribution in [0.5, 0.6) is 0 Å². The highest BCUT2D eigenvalue weighted by atomic mass is 32.3. The van der Waals surface area contributed by atoms with E-state index in [4.69, 9.17) is 35.2 Å². The van der Waals surface area contributed by atoms with Gasteiger partial charge in [-0.3, -0.25) is 4.55 Å². The third kappa shape index (κ3) is 11.4. The second kappa shape index (κ2) is 6.19. The van der Waals surface area contributed by atoms with Crippen molar-refractivity contribution in [1.82, 2.24) is 0 Å². The zero-order valence-electron chi connectivity index (χ0n) is 7.76. The maximum Gasteiger partial charge on any atom is 0.397 e. The normalized spacial score (nSPS) is 12.7. The van der Waals surface area contributed by atoms with Gasteiger partial charge < -0.3 is 30.6 Å². The van der Waals surface area contributed by atoms with Crippen molar-refractivity contribution in [2.75, 3.05) is 6.61 Å². The van der Waals surface area contributed by atoms with E-state index in [9.17, 15) is 8.42 Å². The van der Waals surface area contributed by atoms with Crippen molar-refractivity contribution >= 4 is 10.4 Å². The van der Waals surface area contributed by atoms with E-state index in [2.05, 4.69) is 10.8 Å². The fraction of sp³-hybridized carbons (Fsp3) is 0.600. The highest BCUT2D eigenvalue weighted by Gasteiger charge is 2.44. The molecule has 98 valence electrons. The van der Waals surface area contributed by atoms with Gasteiger partial charge in [-0.1, -0.05) is 6.08 Å². The lowest BCUT2D eigenvalue weighted by molar-refractivity contribution is -0.512. The first-order chi connectivity index (χ1) is 6.81. The van der Waals surface area contributed by atoms with Gasteiger partial charge in [0, 0.05) is 0 Å². The summed E-state index contributed by atoms with van der Waals surface area (Å²) in [5.41, 5.74) is 0. The first-order valence-electron chi connectivity index (χ1n) is 3.38. The molecule has 0 fully saturated rings. The Kier molecular flexibility index (Phi) is 6.87. The summed E-state index contributed by atoms with van der Waals surface area (Å²) in [5, 5.41) is 46.3. The molecule has 0 saturated heterocycles. The Morgan fingerprint density at radius 1 is 1.06 bits per heavy atom. The molecule has 0 radical (unpaired) electrons. The highest BCUT2D eigenvalue weighted by Crippen LogP contribution is 2.07. The highest BCUT2D eigenvalue weighted by molar-refractivity contribution is 7.80. The number of aliphatic hydroxyl groups is 6. The minimum Gasteiger partial charge on any atom is -0.337 e. The molecule has 0 aliphatic heterocycles. The van der Waals surface area contributed by atoms with Gasteiger partial charge in [0.1, 0.15) is 0 Å². The van der Waals surface area contributed by atoms with Crippen molar-refractivity contribution in [3.63, 3.8) is 0 Å². The summed E-state index contributed by atoms with van der Waals surface area (Å²) < 4.78 is 31.0. The van der Waals surface area contributed by atoms with E-state index in [1.165, 1.54) is 6.08 Å². The molecule has 0 spiro atoms. The van der Waals surface area contributed by atoms with Crippen LogP contribution in [0.25, 0.3) is 0 Å². The van der Waals surface area contributed by atoms with Gasteiger partial charge >= 0.3 is 22.3 Å². The average Bonchev–Trinajstić information content (AvgIpc) is 1.96. The minimum atomic E-state index is -4.26. The molecule has 11 heteroatoms. The van der Waals surface area contributed by atoms with Crippen molar-refractivity contribution in [3.05, 3.63) is 12.7 Å². The Labute approximate surface area is 90.2 Å². The SMILES string of the molecule is C=CCOS(=O)(=O)O.OC(O)(O)C(O)(O)O. The third-order valence-corrected chi connectivity index (χ3v) is 1.22. The molecule has 0 unspecified atom stereocenters. The van der Waals surface area contributed by atoms with Gasteiger partial charge in [0.05, 0.1) is 6.61 Å². The summed E-state index contributed by atoms with van der Waals surface area (Å²) in [6, 6.07) is 0. The molecule has 0 saturated carbocycles. The first-order valence-corrected chi connectivity index (χ1v) is 4.74. The van der Waals surface area contributed by atoms with Gasteiger partial charge in [-0.2, -0.15) is 8.42 Å². The second-order valence-electron chi connectivity index (χ2n) is 2.27. The third-order valence-electron chi connectivity index (χ3n) is 0.785. The topological polar surface area (TPSA) is 185 Å². The molecule has 0 aromatic rings. The average molecular weight is 264 g/mol. The fourth-order valence-electron chi connectivity index (χ4n) is 0.134. The smallest absolute Gasteiger partial charge is 0.337 e. The van der Waals surface area contributed by atoms with Gasteiger partial charge in [-0.05, 0) is 0 Å². The summed E-state index contributed by atoms with van der Waals surface area (Å²) in [7, 11) is -4.26. The lowest BCUT2D eigenvalue weighted by Gasteiger charge is -2.23. The maximum absolute atomic E-state index is 9.68. The van der Waals surface area contributed by atoms with Crippen molar-refractivity contribution in [2.24, 2.45) is 0 Å². The van der Waals surface area contributed by atoms with E-state index in [0.717, 1.165) is 0 Å². The van der Waals surface area contributed by atoms with E-state index in [0.29, 0.717) is 0 Å². The Morgan fingerprint density at radius 2 is 1.38 bits per heavy atom. The Hall–Kier alpha value is -0.630. The molecular formula is C5H12O10S. The molecule has 7 N–H and O–H groups in total. The van der Waals surface area contributed by atoms with Gasteiger partial charge in [0.2, 0.25) is 0 Å². The molecule has 0 heterocycles. The van der Waals surface area contributed by atoms with Gasteiger partial charge in [0.25, 0.3) is 0 Å². The molecule has 0 aliphatic carbocycles. The molecule has 0 aliphatic rings. The van der Waals surface area contributed by atoms with Crippen molar-refractivity contribution in [1.29, 1.82) is 0 Å². The van der Waals surface area contributed by atoms with Crippen LogP contribution in [-0.4, -0.2) is 62.2 Å². The molecule has 0 atom stereocenters. The second-order valence-corrected chi connectivity index (χ2v) is 3.36. The van der Waals surface area contributed by atoms with Crippen molar-refractivity contribution < 1.29 is 47.8 Å². The van der Waals surface area contributed by atoms with E-state index >= 15 is 0 Å². The summed E-state index contributed by atoms with van der Waals surface area (Å²) in [6.07, 6.45) is 1.22. The summed E-state index contributed by atoms with van der Waals surface area (Å²) in [4.78, 5) is 0. The zero-order chi connectivity index (χ0) is 13.6. The maximum atomic E-state index is 9.68. The molecule has 0 amide bonds. The Morgan fingerprint density at radius 3 is 1.44 bits per heavy atom. The van der Waals surface area contributed by atoms with Crippen LogP contribution in [0.2, 0.25) is 0 Å². The zero-order valence-corrected chi connectivity index (χ0v) is 8.57. The quantitative estimate of drug-likeness (QED) is 0.151. The minimum absolute atomic E-state index is 0.196. The van der Waals surface area contributed by atoms with Gasteiger partial charge in [-0.15, -0.1) is 6.58 Å². The summed E-state index contributed by atoms with van der Waals surface area (Å²) in [6.45, 7) is 2.97. The predicted molar refractivity (Wildman–Crippen MR) is 46.5 cm³/mol. The number of hydrogen-bond donors (Lipinski definition) is 7. The van der Waals surface area contributed by atoms with Crippen molar-refractivity contribution in [2.45, 2.75) is 11.9 Å². The molecular weight excluding hydrogens is 252 g/mol. The van der Waals surface area contributed by atoms with Crippen LogP contribution in [0.15, 0.2) is 12.7 Å². The molecule has 0 bridgehead atoms. The standard InChI is InChI=1S/C3H6O4S.C2H6O6/c1-2-3-7-8(4,5)6;3-1(4,5)2(6,7)8/h2H,1,3H2,(H,4,5,6);3-8H.